The maximum atomic E-state index is 11.1. The van der Waals surface area contributed by atoms with Crippen LogP contribution >= 0.6 is 0 Å². The minimum atomic E-state index is -2.87. The molecule has 0 bridgehead atoms. The highest BCUT2D eigenvalue weighted by Gasteiger charge is 2.42. The van der Waals surface area contributed by atoms with Crippen LogP contribution in [0.3, 0.4) is 0 Å². The third-order valence-corrected chi connectivity index (χ3v) is 5.21. The average molecular weight is 261 g/mol. The molecular weight excluding hydrogens is 238 g/mol. The van der Waals surface area contributed by atoms with Gasteiger partial charge >= 0.3 is 0 Å². The summed E-state index contributed by atoms with van der Waals surface area (Å²) in [6.45, 7) is 2.32. The second kappa shape index (κ2) is 4.86. The highest BCUT2D eigenvalue weighted by atomic mass is 32.2. The van der Waals surface area contributed by atoms with Gasteiger partial charge < -0.3 is 10.0 Å². The van der Waals surface area contributed by atoms with Crippen LogP contribution in [0.2, 0.25) is 0 Å². The van der Waals surface area contributed by atoms with Crippen molar-refractivity contribution >= 4 is 9.84 Å². The summed E-state index contributed by atoms with van der Waals surface area (Å²) in [7, 11) is -2.87. The van der Waals surface area contributed by atoms with Gasteiger partial charge in [0, 0.05) is 31.8 Å². The van der Waals surface area contributed by atoms with Crippen LogP contribution in [0, 0.1) is 5.92 Å². The fourth-order valence-corrected chi connectivity index (χ4v) is 3.73. The molecule has 0 radical (unpaired) electrons. The number of aliphatic hydroxyl groups is 1. The van der Waals surface area contributed by atoms with Crippen molar-refractivity contribution in [1.82, 2.24) is 4.90 Å². The van der Waals surface area contributed by atoms with Gasteiger partial charge in [0.1, 0.15) is 9.84 Å². The molecule has 0 aromatic carbocycles. The van der Waals surface area contributed by atoms with E-state index >= 15 is 0 Å². The van der Waals surface area contributed by atoms with Crippen molar-refractivity contribution < 1.29 is 13.5 Å². The fourth-order valence-electron chi connectivity index (χ4n) is 3.14. The molecule has 1 aliphatic heterocycles. The number of nitrogens with zero attached hydrogens (tertiary/aromatic N) is 1. The Balaban J connectivity index is 1.89. The Hall–Kier alpha value is -0.130. The van der Waals surface area contributed by atoms with Crippen molar-refractivity contribution in [3.05, 3.63) is 0 Å². The molecule has 1 saturated carbocycles. The quantitative estimate of drug-likeness (QED) is 0.811. The van der Waals surface area contributed by atoms with Crippen LogP contribution in [0.25, 0.3) is 0 Å². The first kappa shape index (κ1) is 13.3. The summed E-state index contributed by atoms with van der Waals surface area (Å²) in [6.07, 6.45) is 6.45. The molecule has 2 fully saturated rings. The van der Waals surface area contributed by atoms with E-state index in [-0.39, 0.29) is 5.75 Å². The summed E-state index contributed by atoms with van der Waals surface area (Å²) >= 11 is 0. The number of fused-ring (bicyclic) bond motifs is 1. The average Bonchev–Trinajstić information content (AvgIpc) is 2.25. The SMILES string of the molecule is CS(=O)(=O)CCN1CCC2(O)CCCCC2C1. The van der Waals surface area contributed by atoms with Crippen LogP contribution in [0.15, 0.2) is 0 Å². The van der Waals surface area contributed by atoms with Crippen molar-refractivity contribution in [2.45, 2.75) is 37.7 Å². The molecule has 2 unspecified atom stereocenters. The molecular formula is C12H23NO3S. The minimum absolute atomic E-state index is 0.234. The van der Waals surface area contributed by atoms with E-state index < -0.39 is 15.4 Å². The Morgan fingerprint density at radius 2 is 2.12 bits per heavy atom. The van der Waals surface area contributed by atoms with Gasteiger partial charge in [0.2, 0.25) is 0 Å². The normalized spacial score (nSPS) is 35.5. The summed E-state index contributed by atoms with van der Waals surface area (Å²) in [5.74, 6) is 0.586. The minimum Gasteiger partial charge on any atom is -0.390 e. The van der Waals surface area contributed by atoms with Crippen molar-refractivity contribution in [2.75, 3.05) is 31.6 Å². The van der Waals surface area contributed by atoms with Crippen molar-refractivity contribution in [3.63, 3.8) is 0 Å². The number of piperidine rings is 1. The largest absolute Gasteiger partial charge is 0.390 e. The Morgan fingerprint density at radius 1 is 1.35 bits per heavy atom. The number of rotatable bonds is 3. The van der Waals surface area contributed by atoms with E-state index in [2.05, 4.69) is 4.90 Å². The van der Waals surface area contributed by atoms with Gasteiger partial charge in [-0.3, -0.25) is 0 Å². The first-order valence-electron chi connectivity index (χ1n) is 6.51. The van der Waals surface area contributed by atoms with Crippen LogP contribution < -0.4 is 0 Å². The molecule has 4 nitrogen and oxygen atoms in total. The van der Waals surface area contributed by atoms with Crippen LogP contribution in [-0.4, -0.2) is 55.7 Å². The van der Waals surface area contributed by atoms with Crippen molar-refractivity contribution in [2.24, 2.45) is 5.92 Å². The molecule has 5 heteroatoms. The lowest BCUT2D eigenvalue weighted by Crippen LogP contribution is -2.53. The Morgan fingerprint density at radius 3 is 2.82 bits per heavy atom. The summed E-state index contributed by atoms with van der Waals surface area (Å²) in [5.41, 5.74) is -0.458. The van der Waals surface area contributed by atoms with Gasteiger partial charge in [-0.05, 0) is 19.3 Å². The zero-order chi connectivity index (χ0) is 12.5. The molecule has 0 aromatic heterocycles. The Kier molecular flexibility index (Phi) is 3.80. The second-order valence-corrected chi connectivity index (χ2v) is 7.99. The lowest BCUT2D eigenvalue weighted by Gasteiger charge is -2.47. The third kappa shape index (κ3) is 3.42. The number of hydrogen-bond acceptors (Lipinski definition) is 4. The Labute approximate surface area is 104 Å². The maximum absolute atomic E-state index is 11.1. The molecule has 1 aliphatic carbocycles. The van der Waals surface area contributed by atoms with Crippen molar-refractivity contribution in [3.8, 4) is 0 Å². The molecule has 17 heavy (non-hydrogen) atoms. The van der Waals surface area contributed by atoms with Crippen LogP contribution in [0.1, 0.15) is 32.1 Å². The Bertz CT molecular complexity index is 368. The second-order valence-electron chi connectivity index (χ2n) is 5.73. The molecule has 0 aromatic rings. The van der Waals surface area contributed by atoms with Crippen molar-refractivity contribution in [1.29, 1.82) is 0 Å². The molecule has 2 atom stereocenters. The molecule has 2 rings (SSSR count). The van der Waals surface area contributed by atoms with E-state index in [1.807, 2.05) is 0 Å². The van der Waals surface area contributed by atoms with E-state index in [0.717, 1.165) is 38.8 Å². The van der Waals surface area contributed by atoms with Gasteiger partial charge in [-0.2, -0.15) is 0 Å². The number of likely N-dealkylation sites (tertiary alicyclic amines) is 1. The summed E-state index contributed by atoms with van der Waals surface area (Å²) < 4.78 is 22.3. The lowest BCUT2D eigenvalue weighted by molar-refractivity contribution is -0.0942. The smallest absolute Gasteiger partial charge is 0.148 e. The van der Waals surface area contributed by atoms with E-state index in [0.29, 0.717) is 12.5 Å². The zero-order valence-corrected chi connectivity index (χ0v) is 11.4. The molecule has 1 N–H and O–H groups in total. The zero-order valence-electron chi connectivity index (χ0n) is 10.6. The van der Waals surface area contributed by atoms with Gasteiger partial charge in [-0.15, -0.1) is 0 Å². The fraction of sp³-hybridized carbons (Fsp3) is 1.00. The van der Waals surface area contributed by atoms with E-state index in [9.17, 15) is 13.5 Å². The summed E-state index contributed by atoms with van der Waals surface area (Å²) in [5, 5.41) is 10.5. The standard InChI is InChI=1S/C12H23NO3S/c1-17(15,16)9-8-13-7-6-12(14)5-3-2-4-11(12)10-13/h11,14H,2-10H2,1H3. The summed E-state index contributed by atoms with van der Waals surface area (Å²) in [4.78, 5) is 2.20. The van der Waals surface area contributed by atoms with Gasteiger partial charge in [0.05, 0.1) is 11.4 Å². The molecule has 100 valence electrons. The topological polar surface area (TPSA) is 57.6 Å². The van der Waals surface area contributed by atoms with Gasteiger partial charge in [-0.1, -0.05) is 12.8 Å². The number of hydrogen-bond donors (Lipinski definition) is 1. The van der Waals surface area contributed by atoms with E-state index in [4.69, 9.17) is 0 Å². The molecule has 0 spiro atoms. The highest BCUT2D eigenvalue weighted by Crippen LogP contribution is 2.39. The van der Waals surface area contributed by atoms with Crippen LogP contribution in [0.5, 0.6) is 0 Å². The number of sulfone groups is 1. The molecule has 1 saturated heterocycles. The van der Waals surface area contributed by atoms with Gasteiger partial charge in [0.25, 0.3) is 0 Å². The maximum Gasteiger partial charge on any atom is 0.148 e. The van der Waals surface area contributed by atoms with Crippen LogP contribution in [0.4, 0.5) is 0 Å². The van der Waals surface area contributed by atoms with Gasteiger partial charge in [0.15, 0.2) is 0 Å². The third-order valence-electron chi connectivity index (χ3n) is 4.29. The first-order valence-corrected chi connectivity index (χ1v) is 8.58. The first-order chi connectivity index (χ1) is 7.89. The lowest BCUT2D eigenvalue weighted by atomic mass is 9.71. The summed E-state index contributed by atoms with van der Waals surface area (Å²) in [6, 6.07) is 0. The molecule has 2 aliphatic rings. The predicted octanol–water partition coefficient (Wildman–Crippen LogP) is 0.658. The predicted molar refractivity (Wildman–Crippen MR) is 67.7 cm³/mol. The van der Waals surface area contributed by atoms with E-state index in [1.165, 1.54) is 12.7 Å². The molecule has 0 amide bonds. The van der Waals surface area contributed by atoms with Gasteiger partial charge in [-0.25, -0.2) is 8.42 Å². The molecule has 1 heterocycles. The highest BCUT2D eigenvalue weighted by molar-refractivity contribution is 7.90. The monoisotopic (exact) mass is 261 g/mol. The van der Waals surface area contributed by atoms with Crippen LogP contribution in [-0.2, 0) is 9.84 Å². The van der Waals surface area contributed by atoms with E-state index in [1.54, 1.807) is 0 Å².